The van der Waals surface area contributed by atoms with E-state index in [0.29, 0.717) is 21.8 Å². The first-order valence-corrected chi connectivity index (χ1v) is 12.6. The van der Waals surface area contributed by atoms with Gasteiger partial charge in [0.05, 0.1) is 11.4 Å². The number of amides is 1. The SMILES string of the molecule is CCCCc1c(C)nc2nc(SCc3csc(N(C(C)=O)c4ccccc4F)n3)nn2c1C. The fraction of sp³-hybridized carbons (Fsp3) is 0.348. The Labute approximate surface area is 200 Å². The number of para-hydroxylation sites is 1. The number of benzene rings is 1. The Morgan fingerprint density at radius 1 is 1.21 bits per heavy atom. The van der Waals surface area contributed by atoms with Crippen LogP contribution in [-0.2, 0) is 17.0 Å². The van der Waals surface area contributed by atoms with Crippen LogP contribution < -0.4 is 4.90 Å². The second-order valence-corrected chi connectivity index (χ2v) is 9.47. The summed E-state index contributed by atoms with van der Waals surface area (Å²) in [5.41, 5.74) is 4.26. The number of thioether (sulfide) groups is 1. The number of nitrogens with zero attached hydrogens (tertiary/aromatic N) is 6. The van der Waals surface area contributed by atoms with E-state index in [0.717, 1.165) is 36.3 Å². The number of rotatable bonds is 8. The quantitative estimate of drug-likeness (QED) is 0.301. The van der Waals surface area contributed by atoms with Crippen molar-refractivity contribution in [3.63, 3.8) is 0 Å². The van der Waals surface area contributed by atoms with Gasteiger partial charge in [-0.2, -0.15) is 4.98 Å². The molecule has 0 bridgehead atoms. The lowest BCUT2D eigenvalue weighted by atomic mass is 10.1. The zero-order chi connectivity index (χ0) is 23.5. The lowest BCUT2D eigenvalue weighted by Gasteiger charge is -2.18. The molecule has 0 saturated heterocycles. The van der Waals surface area contributed by atoms with Gasteiger partial charge in [0.25, 0.3) is 5.78 Å². The highest BCUT2D eigenvalue weighted by atomic mass is 32.2. The zero-order valence-corrected chi connectivity index (χ0v) is 20.6. The van der Waals surface area contributed by atoms with E-state index in [4.69, 9.17) is 0 Å². The normalized spacial score (nSPS) is 11.3. The Morgan fingerprint density at radius 2 is 2.00 bits per heavy atom. The number of carbonyl (C=O) groups excluding carboxylic acids is 1. The minimum absolute atomic E-state index is 0.191. The molecule has 0 unspecified atom stereocenters. The Balaban J connectivity index is 1.53. The van der Waals surface area contributed by atoms with Crippen LogP contribution in [0, 0.1) is 19.7 Å². The van der Waals surface area contributed by atoms with Crippen molar-refractivity contribution in [1.82, 2.24) is 24.6 Å². The van der Waals surface area contributed by atoms with Crippen molar-refractivity contribution in [3.05, 3.63) is 58.1 Å². The molecule has 0 aliphatic rings. The van der Waals surface area contributed by atoms with Gasteiger partial charge in [0, 0.05) is 29.4 Å². The van der Waals surface area contributed by atoms with Crippen molar-refractivity contribution >= 4 is 45.6 Å². The summed E-state index contributed by atoms with van der Waals surface area (Å²) in [4.78, 5) is 27.3. The van der Waals surface area contributed by atoms with E-state index in [1.807, 2.05) is 16.8 Å². The highest BCUT2D eigenvalue weighted by Gasteiger charge is 2.21. The largest absolute Gasteiger partial charge is 0.274 e. The van der Waals surface area contributed by atoms with Gasteiger partial charge in [0.2, 0.25) is 11.1 Å². The third-order valence-electron chi connectivity index (χ3n) is 5.30. The Bertz CT molecular complexity index is 1300. The smallest absolute Gasteiger partial charge is 0.253 e. The van der Waals surface area contributed by atoms with Gasteiger partial charge in [0.1, 0.15) is 5.82 Å². The molecule has 0 N–H and O–H groups in total. The maximum absolute atomic E-state index is 14.3. The average molecular weight is 485 g/mol. The number of fused-ring (bicyclic) bond motifs is 1. The van der Waals surface area contributed by atoms with Crippen molar-refractivity contribution in [2.75, 3.05) is 4.90 Å². The van der Waals surface area contributed by atoms with Crippen molar-refractivity contribution < 1.29 is 9.18 Å². The van der Waals surface area contributed by atoms with E-state index in [1.54, 1.807) is 18.2 Å². The van der Waals surface area contributed by atoms with E-state index in [9.17, 15) is 9.18 Å². The molecule has 3 heterocycles. The second kappa shape index (κ2) is 9.96. The highest BCUT2D eigenvalue weighted by Crippen LogP contribution is 2.32. The van der Waals surface area contributed by atoms with Crippen LogP contribution in [0.25, 0.3) is 5.78 Å². The molecular weight excluding hydrogens is 459 g/mol. The van der Waals surface area contributed by atoms with Gasteiger partial charge in [-0.1, -0.05) is 37.2 Å². The van der Waals surface area contributed by atoms with Gasteiger partial charge in [-0.05, 0) is 44.4 Å². The molecule has 0 atom stereocenters. The lowest BCUT2D eigenvalue weighted by molar-refractivity contribution is -0.115. The van der Waals surface area contributed by atoms with E-state index >= 15 is 0 Å². The van der Waals surface area contributed by atoms with E-state index < -0.39 is 5.82 Å². The van der Waals surface area contributed by atoms with Crippen molar-refractivity contribution in [1.29, 1.82) is 0 Å². The second-order valence-electron chi connectivity index (χ2n) is 7.69. The van der Waals surface area contributed by atoms with Gasteiger partial charge in [-0.15, -0.1) is 16.4 Å². The highest BCUT2D eigenvalue weighted by molar-refractivity contribution is 7.98. The fourth-order valence-electron chi connectivity index (χ4n) is 3.61. The van der Waals surface area contributed by atoms with Crippen LogP contribution >= 0.6 is 23.1 Å². The Hall–Kier alpha value is -2.85. The van der Waals surface area contributed by atoms with Crippen LogP contribution in [0.3, 0.4) is 0 Å². The summed E-state index contributed by atoms with van der Waals surface area (Å²) in [6, 6.07) is 6.18. The number of thiazole rings is 1. The maximum Gasteiger partial charge on any atom is 0.253 e. The molecule has 7 nitrogen and oxygen atoms in total. The van der Waals surface area contributed by atoms with Crippen molar-refractivity contribution in [3.8, 4) is 0 Å². The zero-order valence-electron chi connectivity index (χ0n) is 19.0. The summed E-state index contributed by atoms with van der Waals surface area (Å²) in [6.45, 7) is 7.65. The number of unbranched alkanes of at least 4 members (excludes halogenated alkanes) is 1. The first kappa shape index (κ1) is 23.3. The molecule has 0 aliphatic carbocycles. The summed E-state index contributed by atoms with van der Waals surface area (Å²) < 4.78 is 16.1. The predicted octanol–water partition coefficient (Wildman–Crippen LogP) is 5.66. The third-order valence-corrected chi connectivity index (χ3v) is 7.04. The fourth-order valence-corrected chi connectivity index (χ4v) is 5.31. The lowest BCUT2D eigenvalue weighted by Crippen LogP contribution is -2.23. The summed E-state index contributed by atoms with van der Waals surface area (Å²) in [5.74, 6) is 0.349. The first-order chi connectivity index (χ1) is 15.9. The Morgan fingerprint density at radius 3 is 2.73 bits per heavy atom. The van der Waals surface area contributed by atoms with Crippen LogP contribution in [-0.4, -0.2) is 30.5 Å². The Kier molecular flexibility index (Phi) is 7.04. The topological polar surface area (TPSA) is 76.3 Å². The molecule has 0 aliphatic heterocycles. The van der Waals surface area contributed by atoms with Crippen LogP contribution in [0.1, 0.15) is 49.3 Å². The molecule has 0 fully saturated rings. The van der Waals surface area contributed by atoms with Crippen LogP contribution in [0.15, 0.2) is 34.8 Å². The summed E-state index contributed by atoms with van der Waals surface area (Å²) in [5, 5.41) is 7.55. The maximum atomic E-state index is 14.3. The predicted molar refractivity (Wildman–Crippen MR) is 130 cm³/mol. The summed E-state index contributed by atoms with van der Waals surface area (Å²) in [6.07, 6.45) is 3.22. The van der Waals surface area contributed by atoms with Crippen LogP contribution in [0.4, 0.5) is 15.2 Å². The minimum Gasteiger partial charge on any atom is -0.274 e. The van der Waals surface area contributed by atoms with Gasteiger partial charge in [-0.25, -0.2) is 18.9 Å². The van der Waals surface area contributed by atoms with Gasteiger partial charge in [0.15, 0.2) is 5.13 Å². The number of halogens is 1. The molecule has 4 rings (SSSR count). The molecule has 3 aromatic heterocycles. The monoisotopic (exact) mass is 484 g/mol. The molecule has 10 heteroatoms. The third kappa shape index (κ3) is 4.91. The van der Waals surface area contributed by atoms with Crippen molar-refractivity contribution in [2.45, 2.75) is 57.9 Å². The van der Waals surface area contributed by atoms with Crippen LogP contribution in [0.2, 0.25) is 0 Å². The van der Waals surface area contributed by atoms with Gasteiger partial charge >= 0.3 is 0 Å². The number of anilines is 2. The first-order valence-electron chi connectivity index (χ1n) is 10.7. The number of hydrogen-bond donors (Lipinski definition) is 0. The van der Waals surface area contributed by atoms with Gasteiger partial charge in [-0.3, -0.25) is 9.69 Å². The van der Waals surface area contributed by atoms with Crippen molar-refractivity contribution in [2.24, 2.45) is 0 Å². The van der Waals surface area contributed by atoms with E-state index in [1.165, 1.54) is 46.6 Å². The number of aryl methyl sites for hydroxylation is 2. The molecule has 172 valence electrons. The molecule has 0 radical (unpaired) electrons. The molecule has 0 saturated carbocycles. The molecule has 1 aromatic carbocycles. The molecule has 1 amide bonds. The summed E-state index contributed by atoms with van der Waals surface area (Å²) >= 11 is 2.75. The number of aromatic nitrogens is 5. The number of carbonyl (C=O) groups is 1. The summed E-state index contributed by atoms with van der Waals surface area (Å²) in [7, 11) is 0. The minimum atomic E-state index is -0.468. The molecule has 0 spiro atoms. The standard InChI is InChI=1S/C23H25FN6OS2/c1-5-6-9-18-14(2)25-21-27-22(28-30(21)15(18)3)32-12-17-13-33-23(26-17)29(16(4)31)20-11-8-7-10-19(20)24/h7-8,10-11,13H,5-6,9,12H2,1-4H3. The van der Waals surface area contributed by atoms with Crippen LogP contribution in [0.5, 0.6) is 0 Å². The molecule has 4 aromatic rings. The van der Waals surface area contributed by atoms with E-state index in [-0.39, 0.29) is 11.6 Å². The molecule has 33 heavy (non-hydrogen) atoms. The number of hydrogen-bond acceptors (Lipinski definition) is 7. The molecular formula is C23H25FN6OS2. The van der Waals surface area contributed by atoms with E-state index in [2.05, 4.69) is 33.9 Å². The average Bonchev–Trinajstić information content (AvgIpc) is 3.40. The van der Waals surface area contributed by atoms with Gasteiger partial charge < -0.3 is 0 Å².